The molecule has 2 aromatic rings. The van der Waals surface area contributed by atoms with Crippen LogP contribution in [0.5, 0.6) is 0 Å². The van der Waals surface area contributed by atoms with E-state index in [4.69, 9.17) is 4.74 Å². The van der Waals surface area contributed by atoms with Crippen molar-refractivity contribution in [3.63, 3.8) is 0 Å². The molecule has 0 spiro atoms. The number of aromatic amines is 1. The van der Waals surface area contributed by atoms with Gasteiger partial charge in [0.2, 0.25) is 0 Å². The number of aryl methyl sites for hydroxylation is 1. The Bertz CT molecular complexity index is 703. The molecule has 1 aromatic carbocycles. The zero-order chi connectivity index (χ0) is 15.7. The van der Waals surface area contributed by atoms with Crippen LogP contribution in [0.2, 0.25) is 0 Å². The van der Waals surface area contributed by atoms with Crippen molar-refractivity contribution in [1.82, 2.24) is 15.1 Å². The first-order chi connectivity index (χ1) is 10.7. The molecule has 1 aliphatic rings. The molecule has 1 N–H and O–H groups in total. The van der Waals surface area contributed by atoms with E-state index in [2.05, 4.69) is 41.0 Å². The van der Waals surface area contributed by atoms with Crippen LogP contribution in [0, 0.1) is 6.92 Å². The normalized spacial score (nSPS) is 16.9. The van der Waals surface area contributed by atoms with Crippen LogP contribution >= 0.6 is 0 Å². The van der Waals surface area contributed by atoms with E-state index in [1.807, 2.05) is 6.92 Å². The molecular weight excluding hydrogens is 278 g/mol. The monoisotopic (exact) mass is 297 g/mol. The average molecular weight is 297 g/mol. The molecule has 0 fully saturated rings. The van der Waals surface area contributed by atoms with Gasteiger partial charge in [-0.15, -0.1) is 6.58 Å². The topological polar surface area (TPSA) is 58.2 Å². The third kappa shape index (κ3) is 2.23. The molecule has 0 saturated carbocycles. The maximum absolute atomic E-state index is 12.6. The summed E-state index contributed by atoms with van der Waals surface area (Å²) in [6.45, 7) is 6.70. The van der Waals surface area contributed by atoms with Crippen molar-refractivity contribution in [3.8, 4) is 0 Å². The molecule has 0 bridgehead atoms. The van der Waals surface area contributed by atoms with Crippen LogP contribution in [0.25, 0.3) is 0 Å². The SMILES string of the molecule is C=CCN1C(=O)c2n[nH]c(COC)c2C1c1ccc(C)cc1. The number of ether oxygens (including phenoxy) is 1. The minimum atomic E-state index is -0.148. The molecule has 2 heterocycles. The van der Waals surface area contributed by atoms with Gasteiger partial charge in [0.15, 0.2) is 5.69 Å². The minimum Gasteiger partial charge on any atom is -0.378 e. The molecule has 1 amide bonds. The zero-order valence-corrected chi connectivity index (χ0v) is 12.8. The first-order valence-corrected chi connectivity index (χ1v) is 7.22. The first kappa shape index (κ1) is 14.5. The summed E-state index contributed by atoms with van der Waals surface area (Å²) in [5.74, 6) is -0.0703. The highest BCUT2D eigenvalue weighted by atomic mass is 16.5. The standard InChI is InChI=1S/C17H19N3O2/c1-4-9-20-16(12-7-5-11(2)6-8-12)14-13(10-22-3)18-19-15(14)17(20)21/h4-8,16H,1,9-10H2,2-3H3,(H,18,19). The number of amides is 1. The first-order valence-electron chi connectivity index (χ1n) is 7.22. The highest BCUT2D eigenvalue weighted by molar-refractivity contribution is 5.98. The van der Waals surface area contributed by atoms with E-state index in [0.717, 1.165) is 16.8 Å². The Morgan fingerprint density at radius 2 is 2.14 bits per heavy atom. The van der Waals surface area contributed by atoms with Gasteiger partial charge in [-0.1, -0.05) is 35.9 Å². The number of fused-ring (bicyclic) bond motifs is 1. The van der Waals surface area contributed by atoms with E-state index in [-0.39, 0.29) is 11.9 Å². The fourth-order valence-corrected chi connectivity index (χ4v) is 2.93. The Balaban J connectivity index is 2.11. The van der Waals surface area contributed by atoms with Crippen LogP contribution < -0.4 is 0 Å². The molecule has 5 heteroatoms. The van der Waals surface area contributed by atoms with Gasteiger partial charge in [-0.2, -0.15) is 5.10 Å². The van der Waals surface area contributed by atoms with Crippen molar-refractivity contribution in [3.05, 3.63) is 65.0 Å². The lowest BCUT2D eigenvalue weighted by molar-refractivity contribution is 0.0763. The van der Waals surface area contributed by atoms with Crippen molar-refractivity contribution in [2.75, 3.05) is 13.7 Å². The van der Waals surface area contributed by atoms with Gasteiger partial charge in [0.05, 0.1) is 18.3 Å². The predicted molar refractivity (Wildman–Crippen MR) is 83.6 cm³/mol. The molecule has 1 aliphatic heterocycles. The number of nitrogens with one attached hydrogen (secondary N) is 1. The van der Waals surface area contributed by atoms with Gasteiger partial charge < -0.3 is 9.64 Å². The predicted octanol–water partition coefficient (Wildman–Crippen LogP) is 2.60. The van der Waals surface area contributed by atoms with E-state index < -0.39 is 0 Å². The molecule has 114 valence electrons. The smallest absolute Gasteiger partial charge is 0.275 e. The number of rotatable bonds is 5. The lowest BCUT2D eigenvalue weighted by Crippen LogP contribution is -2.29. The van der Waals surface area contributed by atoms with E-state index in [9.17, 15) is 4.79 Å². The minimum absolute atomic E-state index is 0.0703. The van der Waals surface area contributed by atoms with Crippen molar-refractivity contribution in [2.24, 2.45) is 0 Å². The average Bonchev–Trinajstić information content (AvgIpc) is 3.03. The number of nitrogens with zero attached hydrogens (tertiary/aromatic N) is 2. The summed E-state index contributed by atoms with van der Waals surface area (Å²) in [7, 11) is 1.63. The number of aromatic nitrogens is 2. The number of H-pyrrole nitrogens is 1. The summed E-state index contributed by atoms with van der Waals surface area (Å²) in [5.41, 5.74) is 4.51. The van der Waals surface area contributed by atoms with Crippen LogP contribution in [-0.4, -0.2) is 34.7 Å². The summed E-state index contributed by atoms with van der Waals surface area (Å²) < 4.78 is 5.22. The fraction of sp³-hybridized carbons (Fsp3) is 0.294. The summed E-state index contributed by atoms with van der Waals surface area (Å²) >= 11 is 0. The molecule has 1 unspecified atom stereocenters. The van der Waals surface area contributed by atoms with Crippen LogP contribution in [-0.2, 0) is 11.3 Å². The number of carbonyl (C=O) groups is 1. The van der Waals surface area contributed by atoms with Crippen LogP contribution in [0.1, 0.15) is 38.9 Å². The van der Waals surface area contributed by atoms with Gasteiger partial charge in [0.25, 0.3) is 5.91 Å². The van der Waals surface area contributed by atoms with Gasteiger partial charge in [-0.05, 0) is 12.5 Å². The summed E-state index contributed by atoms with van der Waals surface area (Å²) in [6, 6.07) is 8.08. The number of methoxy groups -OCH3 is 1. The second-order valence-corrected chi connectivity index (χ2v) is 5.46. The van der Waals surface area contributed by atoms with Crippen molar-refractivity contribution in [1.29, 1.82) is 0 Å². The highest BCUT2D eigenvalue weighted by Gasteiger charge is 2.41. The van der Waals surface area contributed by atoms with E-state index in [1.165, 1.54) is 5.56 Å². The number of hydrogen-bond donors (Lipinski definition) is 1. The van der Waals surface area contributed by atoms with E-state index in [1.54, 1.807) is 18.1 Å². The Hall–Kier alpha value is -2.40. The molecule has 1 aromatic heterocycles. The molecule has 1 atom stereocenters. The van der Waals surface area contributed by atoms with Crippen LogP contribution in [0.4, 0.5) is 0 Å². The van der Waals surface area contributed by atoms with Gasteiger partial charge in [0, 0.05) is 19.2 Å². The molecule has 0 saturated heterocycles. The zero-order valence-electron chi connectivity index (χ0n) is 12.8. The second kappa shape index (κ2) is 5.77. The lowest BCUT2D eigenvalue weighted by Gasteiger charge is -2.25. The summed E-state index contributed by atoms with van der Waals surface area (Å²) in [4.78, 5) is 14.4. The van der Waals surface area contributed by atoms with E-state index in [0.29, 0.717) is 18.8 Å². The van der Waals surface area contributed by atoms with Gasteiger partial charge >= 0.3 is 0 Å². The Kier molecular flexibility index (Phi) is 3.81. The third-order valence-electron chi connectivity index (χ3n) is 3.94. The fourth-order valence-electron chi connectivity index (χ4n) is 2.93. The van der Waals surface area contributed by atoms with E-state index >= 15 is 0 Å². The Labute approximate surface area is 129 Å². The maximum Gasteiger partial charge on any atom is 0.275 e. The van der Waals surface area contributed by atoms with Gasteiger partial charge in [-0.3, -0.25) is 9.89 Å². The van der Waals surface area contributed by atoms with Crippen molar-refractivity contribution < 1.29 is 9.53 Å². The summed E-state index contributed by atoms with van der Waals surface area (Å²) in [5, 5.41) is 7.12. The molecule has 3 rings (SSSR count). The second-order valence-electron chi connectivity index (χ2n) is 5.46. The molecule has 0 aliphatic carbocycles. The molecular formula is C17H19N3O2. The highest BCUT2D eigenvalue weighted by Crippen LogP contribution is 2.39. The third-order valence-corrected chi connectivity index (χ3v) is 3.94. The van der Waals surface area contributed by atoms with Crippen LogP contribution in [0.3, 0.4) is 0 Å². The van der Waals surface area contributed by atoms with Crippen molar-refractivity contribution in [2.45, 2.75) is 19.6 Å². The number of hydrogen-bond acceptors (Lipinski definition) is 3. The Morgan fingerprint density at radius 3 is 2.77 bits per heavy atom. The van der Waals surface area contributed by atoms with Crippen molar-refractivity contribution >= 4 is 5.91 Å². The van der Waals surface area contributed by atoms with Gasteiger partial charge in [0.1, 0.15) is 0 Å². The molecule has 5 nitrogen and oxygen atoms in total. The maximum atomic E-state index is 12.6. The van der Waals surface area contributed by atoms with Gasteiger partial charge in [-0.25, -0.2) is 0 Å². The molecule has 0 radical (unpaired) electrons. The molecule has 22 heavy (non-hydrogen) atoms. The lowest BCUT2D eigenvalue weighted by atomic mass is 9.98. The number of benzene rings is 1. The Morgan fingerprint density at radius 1 is 1.41 bits per heavy atom. The van der Waals surface area contributed by atoms with Crippen LogP contribution in [0.15, 0.2) is 36.9 Å². The summed E-state index contributed by atoms with van der Waals surface area (Å²) in [6.07, 6.45) is 1.74. The number of carbonyl (C=O) groups excluding carboxylic acids is 1. The quantitative estimate of drug-likeness (QED) is 0.863. The largest absolute Gasteiger partial charge is 0.378 e.